The van der Waals surface area contributed by atoms with Gasteiger partial charge in [0.25, 0.3) is 5.91 Å². The van der Waals surface area contributed by atoms with Crippen molar-refractivity contribution in [2.24, 2.45) is 0 Å². The molecule has 30 heavy (non-hydrogen) atoms. The highest BCUT2D eigenvalue weighted by Gasteiger charge is 2.22. The first-order chi connectivity index (χ1) is 14.7. The van der Waals surface area contributed by atoms with Gasteiger partial charge in [-0.05, 0) is 46.7 Å². The van der Waals surface area contributed by atoms with Crippen molar-refractivity contribution in [1.29, 1.82) is 0 Å². The molecule has 5 heteroatoms. The number of fused-ring (bicyclic) bond motifs is 2. The molecule has 0 aliphatic heterocycles. The molecule has 0 fully saturated rings. The highest BCUT2D eigenvalue weighted by atomic mass is 79.9. The third-order valence-electron chi connectivity index (χ3n) is 5.00. The maximum atomic E-state index is 13.6. The van der Waals surface area contributed by atoms with Crippen LogP contribution in [0.15, 0.2) is 95.5 Å². The molecule has 4 aromatic carbocycles. The van der Waals surface area contributed by atoms with Crippen molar-refractivity contribution in [3.63, 3.8) is 0 Å². The maximum Gasteiger partial charge on any atom is 0.260 e. The Balaban J connectivity index is 1.59. The number of benzene rings is 4. The van der Waals surface area contributed by atoms with E-state index in [1.165, 1.54) is 11.3 Å². The van der Waals surface area contributed by atoms with E-state index < -0.39 is 0 Å². The smallest absolute Gasteiger partial charge is 0.260 e. The Bertz CT molecular complexity index is 1360. The second kappa shape index (κ2) is 8.01. The van der Waals surface area contributed by atoms with Crippen molar-refractivity contribution in [1.82, 2.24) is 4.98 Å². The van der Waals surface area contributed by atoms with E-state index >= 15 is 0 Å². The predicted molar refractivity (Wildman–Crippen MR) is 128 cm³/mol. The van der Waals surface area contributed by atoms with Gasteiger partial charge in [-0.25, -0.2) is 4.98 Å². The quantitative estimate of drug-likeness (QED) is 0.280. The summed E-state index contributed by atoms with van der Waals surface area (Å²) in [6, 6.07) is 29.9. The fraction of sp³-hybridized carbons (Fsp3) is 0.0400. The maximum absolute atomic E-state index is 13.6. The van der Waals surface area contributed by atoms with E-state index in [4.69, 9.17) is 4.98 Å². The number of carbonyl (C=O) groups is 1. The van der Waals surface area contributed by atoms with E-state index in [0.717, 1.165) is 31.0 Å². The minimum Gasteiger partial charge on any atom is -0.279 e. The summed E-state index contributed by atoms with van der Waals surface area (Å²) in [7, 11) is 0. The van der Waals surface area contributed by atoms with Crippen molar-refractivity contribution >= 4 is 59.3 Å². The molecule has 0 atom stereocenters. The van der Waals surface area contributed by atoms with Gasteiger partial charge >= 0.3 is 0 Å². The monoisotopic (exact) mass is 472 g/mol. The van der Waals surface area contributed by atoms with Gasteiger partial charge in [-0.2, -0.15) is 0 Å². The largest absolute Gasteiger partial charge is 0.279 e. The van der Waals surface area contributed by atoms with Gasteiger partial charge in [-0.3, -0.25) is 9.69 Å². The Labute approximate surface area is 186 Å². The van der Waals surface area contributed by atoms with Crippen LogP contribution < -0.4 is 4.90 Å². The van der Waals surface area contributed by atoms with Gasteiger partial charge in [0.05, 0.1) is 16.8 Å². The van der Waals surface area contributed by atoms with Gasteiger partial charge in [0, 0.05) is 10.0 Å². The number of anilines is 1. The Morgan fingerprint density at radius 1 is 0.867 bits per heavy atom. The molecule has 0 aliphatic carbocycles. The molecule has 5 aromatic rings. The average molecular weight is 473 g/mol. The molecule has 3 nitrogen and oxygen atoms in total. The molecule has 146 valence electrons. The highest BCUT2D eigenvalue weighted by molar-refractivity contribution is 9.10. The second-order valence-corrected chi connectivity index (χ2v) is 8.97. The van der Waals surface area contributed by atoms with E-state index in [-0.39, 0.29) is 5.91 Å². The van der Waals surface area contributed by atoms with Crippen LogP contribution in [0.3, 0.4) is 0 Å². The minimum atomic E-state index is -0.0530. The lowest BCUT2D eigenvalue weighted by Gasteiger charge is -2.20. The lowest BCUT2D eigenvalue weighted by molar-refractivity contribution is 0.0985. The van der Waals surface area contributed by atoms with Crippen molar-refractivity contribution in [3.8, 4) is 0 Å². The van der Waals surface area contributed by atoms with Crippen molar-refractivity contribution in [3.05, 3.63) is 107 Å². The standard InChI is InChI=1S/C25H17BrN2OS/c26-21-12-13-22-23(15-21)30-25(27-22)28(16-17-6-2-1-3-7-17)24(29)20-11-10-18-8-4-5-9-19(18)14-20/h1-15H,16H2. The Morgan fingerprint density at radius 3 is 2.47 bits per heavy atom. The van der Waals surface area contributed by atoms with E-state index in [2.05, 4.69) is 22.0 Å². The number of thiazole rings is 1. The first kappa shape index (κ1) is 19.0. The number of carbonyl (C=O) groups excluding carboxylic acids is 1. The first-order valence-electron chi connectivity index (χ1n) is 9.58. The summed E-state index contributed by atoms with van der Waals surface area (Å²) < 4.78 is 2.05. The molecule has 1 aromatic heterocycles. The van der Waals surface area contributed by atoms with Crippen LogP contribution in [-0.4, -0.2) is 10.9 Å². The number of rotatable bonds is 4. The number of amides is 1. The van der Waals surface area contributed by atoms with Gasteiger partial charge in [0.15, 0.2) is 5.13 Å². The van der Waals surface area contributed by atoms with Gasteiger partial charge in [0.1, 0.15) is 0 Å². The summed E-state index contributed by atoms with van der Waals surface area (Å²) in [6.07, 6.45) is 0. The number of halogens is 1. The van der Waals surface area contributed by atoms with E-state index in [0.29, 0.717) is 17.2 Å². The highest BCUT2D eigenvalue weighted by Crippen LogP contribution is 2.32. The molecule has 0 aliphatic rings. The van der Waals surface area contributed by atoms with E-state index in [1.807, 2.05) is 84.9 Å². The first-order valence-corrected chi connectivity index (χ1v) is 11.2. The van der Waals surface area contributed by atoms with Crippen LogP contribution >= 0.6 is 27.3 Å². The lowest BCUT2D eigenvalue weighted by Crippen LogP contribution is -2.30. The van der Waals surface area contributed by atoms with Crippen LogP contribution in [0.4, 0.5) is 5.13 Å². The van der Waals surface area contributed by atoms with E-state index in [9.17, 15) is 4.79 Å². The third kappa shape index (κ3) is 3.74. The summed E-state index contributed by atoms with van der Waals surface area (Å²) in [5, 5.41) is 2.87. The zero-order valence-electron chi connectivity index (χ0n) is 16.0. The summed E-state index contributed by atoms with van der Waals surface area (Å²) in [5.41, 5.74) is 2.61. The molecular weight excluding hydrogens is 456 g/mol. The zero-order valence-corrected chi connectivity index (χ0v) is 18.4. The number of nitrogens with zero attached hydrogens (tertiary/aromatic N) is 2. The molecule has 0 saturated heterocycles. The van der Waals surface area contributed by atoms with Crippen molar-refractivity contribution in [2.45, 2.75) is 6.54 Å². The summed E-state index contributed by atoms with van der Waals surface area (Å²) >= 11 is 5.05. The molecule has 0 radical (unpaired) electrons. The van der Waals surface area contributed by atoms with Gasteiger partial charge in [-0.15, -0.1) is 0 Å². The van der Waals surface area contributed by atoms with Crippen LogP contribution in [0, 0.1) is 0 Å². The number of hydrogen-bond acceptors (Lipinski definition) is 3. The molecule has 0 bridgehead atoms. The molecule has 0 spiro atoms. The predicted octanol–water partition coefficient (Wildman–Crippen LogP) is 7.06. The normalized spacial score (nSPS) is 11.1. The SMILES string of the molecule is O=C(c1ccc2ccccc2c1)N(Cc1ccccc1)c1nc2ccc(Br)cc2s1. The molecular formula is C25H17BrN2OS. The Hall–Kier alpha value is -3.02. The molecule has 0 unspecified atom stereocenters. The van der Waals surface area contributed by atoms with Crippen LogP contribution in [0.25, 0.3) is 21.0 Å². The Kier molecular flexibility index (Phi) is 5.07. The van der Waals surface area contributed by atoms with Crippen molar-refractivity contribution in [2.75, 3.05) is 4.90 Å². The lowest BCUT2D eigenvalue weighted by atomic mass is 10.1. The molecule has 1 amide bonds. The van der Waals surface area contributed by atoms with Crippen LogP contribution in [0.1, 0.15) is 15.9 Å². The second-order valence-electron chi connectivity index (χ2n) is 7.05. The minimum absolute atomic E-state index is 0.0530. The summed E-state index contributed by atoms with van der Waals surface area (Å²) in [6.45, 7) is 0.466. The summed E-state index contributed by atoms with van der Waals surface area (Å²) in [5.74, 6) is -0.0530. The number of aromatic nitrogens is 1. The van der Waals surface area contributed by atoms with Gasteiger partial charge in [0.2, 0.25) is 0 Å². The van der Waals surface area contributed by atoms with Crippen molar-refractivity contribution < 1.29 is 4.79 Å². The van der Waals surface area contributed by atoms with Gasteiger partial charge < -0.3 is 0 Å². The molecule has 0 saturated carbocycles. The van der Waals surface area contributed by atoms with Crippen LogP contribution in [0.5, 0.6) is 0 Å². The van der Waals surface area contributed by atoms with Gasteiger partial charge in [-0.1, -0.05) is 87.9 Å². The number of hydrogen-bond donors (Lipinski definition) is 0. The molecule has 1 heterocycles. The third-order valence-corrected chi connectivity index (χ3v) is 6.53. The Morgan fingerprint density at radius 2 is 1.63 bits per heavy atom. The molecule has 0 N–H and O–H groups in total. The fourth-order valence-electron chi connectivity index (χ4n) is 3.47. The zero-order chi connectivity index (χ0) is 20.5. The van der Waals surface area contributed by atoms with Crippen LogP contribution in [0.2, 0.25) is 0 Å². The molecule has 5 rings (SSSR count). The summed E-state index contributed by atoms with van der Waals surface area (Å²) in [4.78, 5) is 20.2. The average Bonchev–Trinajstić information content (AvgIpc) is 3.20. The fourth-order valence-corrected chi connectivity index (χ4v) is 4.99. The van der Waals surface area contributed by atoms with Crippen LogP contribution in [-0.2, 0) is 6.54 Å². The van der Waals surface area contributed by atoms with E-state index in [1.54, 1.807) is 4.90 Å². The topological polar surface area (TPSA) is 33.2 Å².